The Kier molecular flexibility index (Phi) is 5.78. The maximum atomic E-state index is 13.3. The van der Waals surface area contributed by atoms with E-state index in [9.17, 15) is 4.79 Å². The van der Waals surface area contributed by atoms with Crippen molar-refractivity contribution in [3.8, 4) is 16.3 Å². The number of thiazole rings is 1. The van der Waals surface area contributed by atoms with Gasteiger partial charge < -0.3 is 9.80 Å². The number of benzene rings is 1. The third kappa shape index (κ3) is 4.26. The standard InChI is InChI=1S/C22H27N5OS/c1-16(2)27(19-9-11-25(3)12-10-19)22(28)20-15-29-21(24-20)17-13-23-26(14-17)18-7-5-4-6-8-18/h4-8,13-16,19H,9-12H2,1-3H3. The first-order valence-corrected chi connectivity index (χ1v) is 11.0. The number of carbonyl (C=O) groups excluding carboxylic acids is 1. The molecule has 7 heteroatoms. The monoisotopic (exact) mass is 409 g/mol. The molecule has 3 heterocycles. The van der Waals surface area contributed by atoms with Gasteiger partial charge in [0.2, 0.25) is 0 Å². The molecule has 29 heavy (non-hydrogen) atoms. The Hall–Kier alpha value is -2.51. The molecule has 0 atom stereocenters. The van der Waals surface area contributed by atoms with E-state index < -0.39 is 0 Å². The molecule has 152 valence electrons. The third-order valence-corrected chi connectivity index (χ3v) is 6.34. The Labute approximate surface area is 175 Å². The van der Waals surface area contributed by atoms with E-state index in [1.807, 2.05) is 51.5 Å². The lowest BCUT2D eigenvalue weighted by Gasteiger charge is -2.39. The Morgan fingerprint density at radius 3 is 2.62 bits per heavy atom. The van der Waals surface area contributed by atoms with Gasteiger partial charge >= 0.3 is 0 Å². The molecular weight excluding hydrogens is 382 g/mol. The van der Waals surface area contributed by atoms with Crippen LogP contribution in [0.15, 0.2) is 48.1 Å². The van der Waals surface area contributed by atoms with E-state index in [1.54, 1.807) is 6.20 Å². The minimum atomic E-state index is 0.0347. The molecule has 1 amide bonds. The summed E-state index contributed by atoms with van der Waals surface area (Å²) < 4.78 is 1.83. The van der Waals surface area contributed by atoms with Crippen LogP contribution in [0.25, 0.3) is 16.3 Å². The second kappa shape index (κ2) is 8.47. The summed E-state index contributed by atoms with van der Waals surface area (Å²) in [6, 6.07) is 10.4. The topological polar surface area (TPSA) is 54.3 Å². The SMILES string of the molecule is CC(C)N(C(=O)c1csc(-c2cnn(-c3ccccc3)c2)n1)C1CCN(C)CC1. The number of hydrogen-bond donors (Lipinski definition) is 0. The van der Waals surface area contributed by atoms with E-state index in [0.29, 0.717) is 5.69 Å². The van der Waals surface area contributed by atoms with E-state index in [1.165, 1.54) is 11.3 Å². The molecule has 1 saturated heterocycles. The van der Waals surface area contributed by atoms with E-state index in [-0.39, 0.29) is 18.0 Å². The predicted octanol–water partition coefficient (Wildman–Crippen LogP) is 3.94. The summed E-state index contributed by atoms with van der Waals surface area (Å²) in [7, 11) is 2.14. The Balaban J connectivity index is 1.53. The Bertz CT molecular complexity index is 957. The van der Waals surface area contributed by atoms with E-state index in [0.717, 1.165) is 42.2 Å². The second-order valence-electron chi connectivity index (χ2n) is 7.89. The summed E-state index contributed by atoms with van der Waals surface area (Å²) in [4.78, 5) is 22.3. The van der Waals surface area contributed by atoms with Gasteiger partial charge in [-0.05, 0) is 59.0 Å². The van der Waals surface area contributed by atoms with Crippen molar-refractivity contribution in [2.24, 2.45) is 0 Å². The summed E-state index contributed by atoms with van der Waals surface area (Å²) >= 11 is 1.50. The minimum Gasteiger partial charge on any atom is -0.332 e. The summed E-state index contributed by atoms with van der Waals surface area (Å²) in [5.41, 5.74) is 2.46. The average molecular weight is 410 g/mol. The fourth-order valence-electron chi connectivity index (χ4n) is 3.89. The number of rotatable bonds is 5. The van der Waals surface area contributed by atoms with Gasteiger partial charge in [-0.15, -0.1) is 11.3 Å². The molecule has 3 aromatic rings. The number of carbonyl (C=O) groups is 1. The number of para-hydroxylation sites is 1. The van der Waals surface area contributed by atoms with Crippen molar-refractivity contribution in [2.75, 3.05) is 20.1 Å². The lowest BCUT2D eigenvalue weighted by atomic mass is 10.0. The lowest BCUT2D eigenvalue weighted by Crippen LogP contribution is -2.49. The molecule has 0 unspecified atom stereocenters. The smallest absolute Gasteiger partial charge is 0.273 e. The summed E-state index contributed by atoms with van der Waals surface area (Å²) in [5, 5.41) is 7.14. The molecule has 6 nitrogen and oxygen atoms in total. The molecule has 0 spiro atoms. The number of likely N-dealkylation sites (tertiary alicyclic amines) is 1. The van der Waals surface area contributed by atoms with Gasteiger partial charge in [0.05, 0.1) is 11.9 Å². The zero-order valence-electron chi connectivity index (χ0n) is 17.2. The van der Waals surface area contributed by atoms with Gasteiger partial charge in [0.1, 0.15) is 10.7 Å². The highest BCUT2D eigenvalue weighted by Crippen LogP contribution is 2.27. The molecule has 1 aliphatic rings. The van der Waals surface area contributed by atoms with Gasteiger partial charge in [0, 0.05) is 29.2 Å². The van der Waals surface area contributed by atoms with Crippen LogP contribution in [0.1, 0.15) is 37.2 Å². The van der Waals surface area contributed by atoms with Gasteiger partial charge in [-0.25, -0.2) is 9.67 Å². The highest BCUT2D eigenvalue weighted by atomic mass is 32.1. The van der Waals surface area contributed by atoms with Crippen molar-refractivity contribution in [3.63, 3.8) is 0 Å². The fourth-order valence-corrected chi connectivity index (χ4v) is 4.66. The van der Waals surface area contributed by atoms with E-state index >= 15 is 0 Å². The quantitative estimate of drug-likeness (QED) is 0.640. The molecule has 1 aliphatic heterocycles. The van der Waals surface area contributed by atoms with Crippen molar-refractivity contribution in [1.82, 2.24) is 24.6 Å². The van der Waals surface area contributed by atoms with Crippen LogP contribution < -0.4 is 0 Å². The molecule has 0 bridgehead atoms. The normalized spacial score (nSPS) is 15.7. The van der Waals surface area contributed by atoms with Crippen LogP contribution in [0.3, 0.4) is 0 Å². The van der Waals surface area contributed by atoms with Gasteiger partial charge in [0.25, 0.3) is 5.91 Å². The van der Waals surface area contributed by atoms with Crippen LogP contribution in [0.2, 0.25) is 0 Å². The average Bonchev–Trinajstić information content (AvgIpc) is 3.40. The summed E-state index contributed by atoms with van der Waals surface area (Å²) in [6.07, 6.45) is 5.79. The van der Waals surface area contributed by atoms with Gasteiger partial charge in [-0.2, -0.15) is 5.10 Å². The Morgan fingerprint density at radius 1 is 1.21 bits per heavy atom. The summed E-state index contributed by atoms with van der Waals surface area (Å²) in [5.74, 6) is 0.0347. The number of aromatic nitrogens is 3. The van der Waals surface area contributed by atoms with Gasteiger partial charge in [-0.3, -0.25) is 4.79 Å². The maximum absolute atomic E-state index is 13.3. The molecular formula is C22H27N5OS. The van der Waals surface area contributed by atoms with E-state index in [4.69, 9.17) is 0 Å². The molecule has 2 aromatic heterocycles. The van der Waals surface area contributed by atoms with Crippen molar-refractivity contribution in [3.05, 3.63) is 53.8 Å². The first-order chi connectivity index (χ1) is 14.0. The van der Waals surface area contributed by atoms with Crippen LogP contribution in [-0.4, -0.2) is 62.7 Å². The Morgan fingerprint density at radius 2 is 1.93 bits per heavy atom. The zero-order chi connectivity index (χ0) is 20.4. The molecule has 1 fully saturated rings. The van der Waals surface area contributed by atoms with Crippen LogP contribution in [0.4, 0.5) is 0 Å². The van der Waals surface area contributed by atoms with Crippen molar-refractivity contribution in [1.29, 1.82) is 0 Å². The minimum absolute atomic E-state index is 0.0347. The molecule has 0 aliphatic carbocycles. The van der Waals surface area contributed by atoms with Crippen LogP contribution in [0, 0.1) is 0 Å². The molecule has 0 radical (unpaired) electrons. The number of amides is 1. The predicted molar refractivity (Wildman–Crippen MR) is 116 cm³/mol. The number of hydrogen-bond acceptors (Lipinski definition) is 5. The highest BCUT2D eigenvalue weighted by Gasteiger charge is 2.30. The summed E-state index contributed by atoms with van der Waals surface area (Å²) in [6.45, 7) is 6.24. The van der Waals surface area contributed by atoms with Crippen molar-refractivity contribution < 1.29 is 4.79 Å². The fraction of sp³-hybridized carbons (Fsp3) is 0.409. The highest BCUT2D eigenvalue weighted by molar-refractivity contribution is 7.13. The first kappa shape index (κ1) is 19.8. The molecule has 1 aromatic carbocycles. The molecule has 0 N–H and O–H groups in total. The van der Waals surface area contributed by atoms with Crippen molar-refractivity contribution in [2.45, 2.75) is 38.8 Å². The van der Waals surface area contributed by atoms with Crippen LogP contribution in [0.5, 0.6) is 0 Å². The van der Waals surface area contributed by atoms with Crippen molar-refractivity contribution >= 4 is 17.2 Å². The third-order valence-electron chi connectivity index (χ3n) is 5.45. The van der Waals surface area contributed by atoms with Gasteiger partial charge in [-0.1, -0.05) is 18.2 Å². The lowest BCUT2D eigenvalue weighted by molar-refractivity contribution is 0.0501. The van der Waals surface area contributed by atoms with E-state index in [2.05, 4.69) is 35.9 Å². The zero-order valence-corrected chi connectivity index (χ0v) is 18.0. The largest absolute Gasteiger partial charge is 0.332 e. The number of piperidine rings is 1. The second-order valence-corrected chi connectivity index (χ2v) is 8.75. The van der Waals surface area contributed by atoms with Gasteiger partial charge in [0.15, 0.2) is 0 Å². The molecule has 0 saturated carbocycles. The number of nitrogens with zero attached hydrogens (tertiary/aromatic N) is 5. The first-order valence-electron chi connectivity index (χ1n) is 10.1. The maximum Gasteiger partial charge on any atom is 0.273 e. The van der Waals surface area contributed by atoms with Crippen LogP contribution in [-0.2, 0) is 0 Å². The van der Waals surface area contributed by atoms with Crippen LogP contribution >= 0.6 is 11.3 Å². The molecule has 4 rings (SSSR count).